The van der Waals surface area contributed by atoms with Crippen molar-refractivity contribution in [3.8, 4) is 11.8 Å². The summed E-state index contributed by atoms with van der Waals surface area (Å²) in [6.07, 6.45) is 0. The van der Waals surface area contributed by atoms with Gasteiger partial charge in [-0.3, -0.25) is 10.1 Å². The summed E-state index contributed by atoms with van der Waals surface area (Å²) in [5.41, 5.74) is 0.452. The first kappa shape index (κ1) is 13.4. The van der Waals surface area contributed by atoms with Gasteiger partial charge in [-0.15, -0.1) is 0 Å². The van der Waals surface area contributed by atoms with Crippen LogP contribution in [0.25, 0.3) is 0 Å². The second-order valence-corrected chi connectivity index (χ2v) is 4.14. The molecule has 0 spiro atoms. The van der Waals surface area contributed by atoms with Crippen molar-refractivity contribution in [1.29, 1.82) is 0 Å². The van der Waals surface area contributed by atoms with Crippen LogP contribution >= 0.6 is 23.2 Å². The molecule has 0 N–H and O–H groups in total. The van der Waals surface area contributed by atoms with Gasteiger partial charge in [0.2, 0.25) is 10.6 Å². The molecular weight excluding hydrogens is 295 g/mol. The molecule has 2 rings (SSSR count). The first-order chi connectivity index (χ1) is 8.95. The van der Waals surface area contributed by atoms with Crippen LogP contribution in [0.5, 0.6) is 11.8 Å². The van der Waals surface area contributed by atoms with E-state index in [2.05, 4.69) is 15.0 Å². The second-order valence-electron chi connectivity index (χ2n) is 3.46. The molecule has 1 heterocycles. The average Bonchev–Trinajstić information content (AvgIpc) is 2.30. The van der Waals surface area contributed by atoms with Gasteiger partial charge in [0.05, 0.1) is 11.0 Å². The molecular formula is C10H6Cl2N4O3. The van der Waals surface area contributed by atoms with Gasteiger partial charge in [-0.1, -0.05) is 0 Å². The fourth-order valence-electron chi connectivity index (χ4n) is 1.31. The van der Waals surface area contributed by atoms with Crippen molar-refractivity contribution in [3.63, 3.8) is 0 Å². The van der Waals surface area contributed by atoms with Crippen LogP contribution in [0.15, 0.2) is 18.2 Å². The lowest BCUT2D eigenvalue weighted by atomic mass is 10.2. The Labute approximate surface area is 117 Å². The third kappa shape index (κ3) is 3.27. The summed E-state index contributed by atoms with van der Waals surface area (Å²) in [5, 5.41) is 10.5. The molecule has 98 valence electrons. The summed E-state index contributed by atoms with van der Waals surface area (Å²) in [6, 6.07) is 4.23. The van der Waals surface area contributed by atoms with E-state index in [9.17, 15) is 10.1 Å². The van der Waals surface area contributed by atoms with Gasteiger partial charge in [-0.05, 0) is 42.3 Å². The monoisotopic (exact) mass is 300 g/mol. The van der Waals surface area contributed by atoms with Crippen LogP contribution in [0.4, 0.5) is 5.69 Å². The largest absolute Gasteiger partial charge is 0.424 e. The Morgan fingerprint density at radius 3 is 2.42 bits per heavy atom. The molecule has 0 aliphatic rings. The maximum Gasteiger partial charge on any atom is 0.327 e. The number of rotatable bonds is 3. The van der Waals surface area contributed by atoms with Gasteiger partial charge < -0.3 is 4.74 Å². The predicted molar refractivity (Wildman–Crippen MR) is 67.8 cm³/mol. The Morgan fingerprint density at radius 1 is 1.21 bits per heavy atom. The van der Waals surface area contributed by atoms with Gasteiger partial charge >= 0.3 is 6.01 Å². The molecule has 0 aliphatic heterocycles. The minimum Gasteiger partial charge on any atom is -0.424 e. The van der Waals surface area contributed by atoms with Crippen LogP contribution < -0.4 is 4.74 Å². The minimum absolute atomic E-state index is 0.0660. The molecule has 1 aromatic carbocycles. The number of nitro groups is 1. The standard InChI is InChI=1S/C10H6Cl2N4O3/c1-5-2-3-6(4-7(5)16(17)18)19-10-14-8(11)13-9(12)15-10/h2-4H,1H3. The van der Waals surface area contributed by atoms with Crippen LogP contribution in [-0.4, -0.2) is 19.9 Å². The normalized spacial score (nSPS) is 10.3. The minimum atomic E-state index is -0.504. The van der Waals surface area contributed by atoms with E-state index in [0.29, 0.717) is 5.56 Å². The highest BCUT2D eigenvalue weighted by atomic mass is 35.5. The molecule has 7 nitrogen and oxygen atoms in total. The van der Waals surface area contributed by atoms with Crippen LogP contribution in [-0.2, 0) is 0 Å². The summed E-state index contributed by atoms with van der Waals surface area (Å²) in [4.78, 5) is 21.2. The number of benzene rings is 1. The van der Waals surface area contributed by atoms with Crippen molar-refractivity contribution in [1.82, 2.24) is 15.0 Å². The van der Waals surface area contributed by atoms with Crippen molar-refractivity contribution in [2.24, 2.45) is 0 Å². The van der Waals surface area contributed by atoms with Crippen LogP contribution in [0.2, 0.25) is 10.6 Å². The molecule has 2 aromatic rings. The number of nitro benzene ring substituents is 1. The highest BCUT2D eigenvalue weighted by molar-refractivity contribution is 6.31. The van der Waals surface area contributed by atoms with E-state index in [4.69, 9.17) is 27.9 Å². The van der Waals surface area contributed by atoms with E-state index < -0.39 is 4.92 Å². The number of halogens is 2. The summed E-state index contributed by atoms with van der Waals surface area (Å²) in [5.74, 6) is 0.204. The number of ether oxygens (including phenoxy) is 1. The highest BCUT2D eigenvalue weighted by Crippen LogP contribution is 2.27. The average molecular weight is 301 g/mol. The zero-order chi connectivity index (χ0) is 14.0. The molecule has 19 heavy (non-hydrogen) atoms. The fraction of sp³-hybridized carbons (Fsp3) is 0.100. The van der Waals surface area contributed by atoms with Crippen molar-refractivity contribution in [3.05, 3.63) is 44.4 Å². The second kappa shape index (κ2) is 5.33. The van der Waals surface area contributed by atoms with Crippen LogP contribution in [0.1, 0.15) is 5.56 Å². The summed E-state index contributed by atoms with van der Waals surface area (Å²) in [7, 11) is 0. The molecule has 0 unspecified atom stereocenters. The molecule has 1 aromatic heterocycles. The molecule has 0 saturated heterocycles. The third-order valence-corrected chi connectivity index (χ3v) is 2.48. The van der Waals surface area contributed by atoms with Crippen molar-refractivity contribution in [2.75, 3.05) is 0 Å². The Bertz CT molecular complexity index is 630. The maximum absolute atomic E-state index is 10.8. The summed E-state index contributed by atoms with van der Waals surface area (Å²) in [6.45, 7) is 1.62. The maximum atomic E-state index is 10.8. The van der Waals surface area contributed by atoms with E-state index >= 15 is 0 Å². The van der Waals surface area contributed by atoms with Gasteiger partial charge in [0, 0.05) is 5.56 Å². The number of hydrogen-bond donors (Lipinski definition) is 0. The lowest BCUT2D eigenvalue weighted by Gasteiger charge is -2.04. The van der Waals surface area contributed by atoms with E-state index in [1.165, 1.54) is 6.07 Å². The molecule has 0 fully saturated rings. The number of hydrogen-bond acceptors (Lipinski definition) is 6. The topological polar surface area (TPSA) is 91.0 Å². The summed E-state index contributed by atoms with van der Waals surface area (Å²) >= 11 is 11.2. The zero-order valence-corrected chi connectivity index (χ0v) is 11.0. The summed E-state index contributed by atoms with van der Waals surface area (Å²) < 4.78 is 5.25. The van der Waals surface area contributed by atoms with Gasteiger partial charge in [-0.25, -0.2) is 0 Å². The highest BCUT2D eigenvalue weighted by Gasteiger charge is 2.13. The Kier molecular flexibility index (Phi) is 3.77. The third-order valence-electron chi connectivity index (χ3n) is 2.15. The van der Waals surface area contributed by atoms with Gasteiger partial charge in [0.15, 0.2) is 0 Å². The predicted octanol–water partition coefficient (Wildman–Crippen LogP) is 3.19. The molecule has 0 aliphatic carbocycles. The molecule has 0 radical (unpaired) electrons. The molecule has 0 atom stereocenters. The Balaban J connectivity index is 2.33. The zero-order valence-electron chi connectivity index (χ0n) is 9.50. The van der Waals surface area contributed by atoms with E-state index in [0.717, 1.165) is 0 Å². The van der Waals surface area contributed by atoms with E-state index in [1.54, 1.807) is 19.1 Å². The molecule has 0 saturated carbocycles. The van der Waals surface area contributed by atoms with E-state index in [-0.39, 0.29) is 28.0 Å². The molecule has 0 amide bonds. The SMILES string of the molecule is Cc1ccc(Oc2nc(Cl)nc(Cl)n2)cc1[N+](=O)[O-]. The fourth-order valence-corrected chi connectivity index (χ4v) is 1.66. The van der Waals surface area contributed by atoms with Crippen LogP contribution in [0, 0.1) is 17.0 Å². The van der Waals surface area contributed by atoms with Crippen molar-refractivity contribution >= 4 is 28.9 Å². The lowest BCUT2D eigenvalue weighted by Crippen LogP contribution is -1.97. The lowest BCUT2D eigenvalue weighted by molar-refractivity contribution is -0.385. The number of nitrogens with zero attached hydrogens (tertiary/aromatic N) is 4. The smallest absolute Gasteiger partial charge is 0.327 e. The van der Waals surface area contributed by atoms with Crippen molar-refractivity contribution in [2.45, 2.75) is 6.92 Å². The van der Waals surface area contributed by atoms with Gasteiger partial charge in [0.1, 0.15) is 5.75 Å². The van der Waals surface area contributed by atoms with E-state index in [1.807, 2.05) is 0 Å². The number of aromatic nitrogens is 3. The van der Waals surface area contributed by atoms with Crippen molar-refractivity contribution < 1.29 is 9.66 Å². The Morgan fingerprint density at radius 2 is 1.84 bits per heavy atom. The van der Waals surface area contributed by atoms with Crippen LogP contribution in [0.3, 0.4) is 0 Å². The first-order valence-electron chi connectivity index (χ1n) is 4.95. The quantitative estimate of drug-likeness (QED) is 0.638. The first-order valence-corrected chi connectivity index (χ1v) is 5.71. The van der Waals surface area contributed by atoms with Gasteiger partial charge in [-0.2, -0.15) is 15.0 Å². The van der Waals surface area contributed by atoms with Gasteiger partial charge in [0.25, 0.3) is 5.69 Å². The number of aryl methyl sites for hydroxylation is 1. The molecule has 0 bridgehead atoms. The Hall–Kier alpha value is -1.99. The molecule has 9 heteroatoms.